The second kappa shape index (κ2) is 7.56. The first-order valence-electron chi connectivity index (χ1n) is 6.77. The summed E-state index contributed by atoms with van der Waals surface area (Å²) in [4.78, 5) is 33.9. The van der Waals surface area contributed by atoms with Crippen LogP contribution in [0.5, 0.6) is 0 Å². The highest BCUT2D eigenvalue weighted by Gasteiger charge is 2.30. The molecule has 0 aliphatic heterocycles. The van der Waals surface area contributed by atoms with Crippen LogP contribution in [0.25, 0.3) is 0 Å². The Balaban J connectivity index is 2.68. The van der Waals surface area contributed by atoms with Gasteiger partial charge in [0, 0.05) is 6.92 Å². The van der Waals surface area contributed by atoms with Gasteiger partial charge < -0.3 is 20.8 Å². The topological polar surface area (TPSA) is 116 Å². The Labute approximate surface area is 128 Å². The molecular weight excluding hydrogens is 288 g/mol. The average molecular weight is 308 g/mol. The summed E-state index contributed by atoms with van der Waals surface area (Å²) in [5.74, 6) is -2.17. The number of aliphatic hydroxyl groups is 1. The molecule has 0 fully saturated rings. The van der Waals surface area contributed by atoms with Crippen molar-refractivity contribution >= 4 is 17.8 Å². The van der Waals surface area contributed by atoms with E-state index in [9.17, 15) is 19.5 Å². The lowest BCUT2D eigenvalue weighted by atomic mass is 10.0. The van der Waals surface area contributed by atoms with Crippen LogP contribution < -0.4 is 10.6 Å². The van der Waals surface area contributed by atoms with Gasteiger partial charge in [0.2, 0.25) is 11.8 Å². The third-order valence-electron chi connectivity index (χ3n) is 3.06. The summed E-state index contributed by atoms with van der Waals surface area (Å²) in [5, 5.41) is 23.4. The van der Waals surface area contributed by atoms with Crippen molar-refractivity contribution in [1.29, 1.82) is 0 Å². The second-order valence-corrected chi connectivity index (χ2v) is 5.22. The second-order valence-electron chi connectivity index (χ2n) is 5.22. The molecule has 0 radical (unpaired) electrons. The number of carboxylic acid groups (broad SMARTS) is 1. The van der Waals surface area contributed by atoms with Crippen LogP contribution in [0, 0.1) is 0 Å². The molecular formula is C15H20N2O5. The molecule has 0 aromatic heterocycles. The van der Waals surface area contributed by atoms with Crippen LogP contribution >= 0.6 is 0 Å². The third-order valence-corrected chi connectivity index (χ3v) is 3.06. The maximum atomic E-state index is 11.9. The number of benzene rings is 1. The highest BCUT2D eigenvalue weighted by atomic mass is 16.4. The van der Waals surface area contributed by atoms with Gasteiger partial charge in [0.15, 0.2) is 5.60 Å². The molecule has 2 amide bonds. The van der Waals surface area contributed by atoms with E-state index in [4.69, 9.17) is 5.11 Å². The molecule has 22 heavy (non-hydrogen) atoms. The Morgan fingerprint density at radius 2 is 1.82 bits per heavy atom. The van der Waals surface area contributed by atoms with Gasteiger partial charge in [-0.2, -0.15) is 0 Å². The predicted octanol–water partition coefficient (Wildman–Crippen LogP) is 0.206. The number of carbonyl (C=O) groups excluding carboxylic acids is 2. The fourth-order valence-corrected chi connectivity index (χ4v) is 1.79. The lowest BCUT2D eigenvalue weighted by Gasteiger charge is -2.21. The van der Waals surface area contributed by atoms with E-state index in [0.717, 1.165) is 12.5 Å². The van der Waals surface area contributed by atoms with E-state index >= 15 is 0 Å². The van der Waals surface area contributed by atoms with Gasteiger partial charge in [-0.15, -0.1) is 0 Å². The number of nitrogens with one attached hydrogen (secondary N) is 2. The van der Waals surface area contributed by atoms with Crippen molar-refractivity contribution in [1.82, 2.24) is 10.6 Å². The summed E-state index contributed by atoms with van der Waals surface area (Å²) in [6.07, 6.45) is -0.0563. The minimum Gasteiger partial charge on any atom is -0.479 e. The molecule has 0 spiro atoms. The van der Waals surface area contributed by atoms with Gasteiger partial charge in [0.1, 0.15) is 0 Å². The van der Waals surface area contributed by atoms with E-state index in [1.165, 1.54) is 6.92 Å². The van der Waals surface area contributed by atoms with Crippen molar-refractivity contribution in [3.05, 3.63) is 35.9 Å². The van der Waals surface area contributed by atoms with Crippen molar-refractivity contribution in [3.63, 3.8) is 0 Å². The van der Waals surface area contributed by atoms with Crippen LogP contribution in [0.3, 0.4) is 0 Å². The molecule has 7 heteroatoms. The Hall–Kier alpha value is -2.41. The summed E-state index contributed by atoms with van der Waals surface area (Å²) in [6.45, 7) is 2.03. The number of amides is 2. The molecule has 120 valence electrons. The number of hydrogen-bond donors (Lipinski definition) is 4. The minimum atomic E-state index is -2.04. The first kappa shape index (κ1) is 17.6. The summed E-state index contributed by atoms with van der Waals surface area (Å²) >= 11 is 0. The molecule has 2 atom stereocenters. The van der Waals surface area contributed by atoms with Crippen molar-refractivity contribution in [2.75, 3.05) is 6.54 Å². The highest BCUT2D eigenvalue weighted by Crippen LogP contribution is 2.16. The molecule has 4 N–H and O–H groups in total. The van der Waals surface area contributed by atoms with Crippen LogP contribution in [0.4, 0.5) is 0 Å². The molecule has 1 aromatic rings. The first-order chi connectivity index (χ1) is 10.2. The largest absolute Gasteiger partial charge is 0.479 e. The molecule has 0 bridgehead atoms. The Morgan fingerprint density at radius 1 is 1.23 bits per heavy atom. The molecule has 2 unspecified atom stereocenters. The van der Waals surface area contributed by atoms with E-state index in [1.54, 1.807) is 24.3 Å². The molecule has 1 aromatic carbocycles. The smallest absolute Gasteiger partial charge is 0.337 e. The molecule has 0 heterocycles. The van der Waals surface area contributed by atoms with E-state index in [2.05, 4.69) is 10.6 Å². The standard InChI is InChI=1S/C15H20N2O5/c1-10(18)17-12(11-6-4-3-5-7-11)8-13(19)16-9-15(2,22)14(20)21/h3-7,12,22H,8-9H2,1-2H3,(H,16,19)(H,17,18)(H,20,21). The van der Waals surface area contributed by atoms with E-state index < -0.39 is 30.1 Å². The molecule has 0 saturated carbocycles. The summed E-state index contributed by atoms with van der Waals surface area (Å²) in [7, 11) is 0. The van der Waals surface area contributed by atoms with Crippen LogP contribution in [0.15, 0.2) is 30.3 Å². The van der Waals surface area contributed by atoms with Crippen LogP contribution in [0.2, 0.25) is 0 Å². The summed E-state index contributed by atoms with van der Waals surface area (Å²) in [6, 6.07) is 8.43. The fourth-order valence-electron chi connectivity index (χ4n) is 1.79. The van der Waals surface area contributed by atoms with Crippen molar-refractivity contribution in [2.45, 2.75) is 31.9 Å². The van der Waals surface area contributed by atoms with Gasteiger partial charge in [-0.05, 0) is 12.5 Å². The number of hydrogen-bond acceptors (Lipinski definition) is 4. The van der Waals surface area contributed by atoms with E-state index in [0.29, 0.717) is 0 Å². The van der Waals surface area contributed by atoms with Gasteiger partial charge in [-0.1, -0.05) is 30.3 Å². The monoisotopic (exact) mass is 308 g/mol. The number of carboxylic acids is 1. The van der Waals surface area contributed by atoms with Crippen LogP contribution in [-0.4, -0.2) is 40.1 Å². The summed E-state index contributed by atoms with van der Waals surface area (Å²) in [5.41, 5.74) is -1.27. The zero-order chi connectivity index (χ0) is 16.8. The Bertz CT molecular complexity index is 542. The van der Waals surface area contributed by atoms with Crippen molar-refractivity contribution in [3.8, 4) is 0 Å². The zero-order valence-electron chi connectivity index (χ0n) is 12.5. The predicted molar refractivity (Wildman–Crippen MR) is 78.9 cm³/mol. The number of carbonyl (C=O) groups is 3. The third kappa shape index (κ3) is 5.53. The zero-order valence-corrected chi connectivity index (χ0v) is 12.5. The molecule has 0 aliphatic carbocycles. The number of rotatable bonds is 7. The SMILES string of the molecule is CC(=O)NC(CC(=O)NCC(C)(O)C(=O)O)c1ccccc1. The quantitative estimate of drug-likeness (QED) is 0.574. The molecule has 7 nitrogen and oxygen atoms in total. The number of aliphatic carboxylic acids is 1. The van der Waals surface area contributed by atoms with Gasteiger partial charge in [0.05, 0.1) is 19.0 Å². The average Bonchev–Trinajstić information content (AvgIpc) is 2.45. The van der Waals surface area contributed by atoms with E-state index in [1.807, 2.05) is 6.07 Å². The van der Waals surface area contributed by atoms with Gasteiger partial charge in [0.25, 0.3) is 0 Å². The van der Waals surface area contributed by atoms with Gasteiger partial charge in [-0.3, -0.25) is 9.59 Å². The maximum absolute atomic E-state index is 11.9. The van der Waals surface area contributed by atoms with Crippen LogP contribution in [-0.2, 0) is 14.4 Å². The van der Waals surface area contributed by atoms with E-state index in [-0.39, 0.29) is 12.3 Å². The lowest BCUT2D eigenvalue weighted by Crippen LogP contribution is -2.47. The minimum absolute atomic E-state index is 0.0563. The van der Waals surface area contributed by atoms with Crippen LogP contribution in [0.1, 0.15) is 31.9 Å². The molecule has 1 rings (SSSR count). The molecule has 0 saturated heterocycles. The molecule has 0 aliphatic rings. The van der Waals surface area contributed by atoms with Gasteiger partial charge in [-0.25, -0.2) is 4.79 Å². The normalized spacial score (nSPS) is 14.5. The highest BCUT2D eigenvalue weighted by molar-refractivity contribution is 5.81. The van der Waals surface area contributed by atoms with Crippen molar-refractivity contribution < 1.29 is 24.6 Å². The fraction of sp³-hybridized carbons (Fsp3) is 0.400. The van der Waals surface area contributed by atoms with Gasteiger partial charge >= 0.3 is 5.97 Å². The van der Waals surface area contributed by atoms with Crippen molar-refractivity contribution in [2.24, 2.45) is 0 Å². The summed E-state index contributed by atoms with van der Waals surface area (Å²) < 4.78 is 0. The lowest BCUT2D eigenvalue weighted by molar-refractivity contribution is -0.156. The first-order valence-corrected chi connectivity index (χ1v) is 6.77. The maximum Gasteiger partial charge on any atom is 0.337 e. The Kier molecular flexibility index (Phi) is 6.06. The Morgan fingerprint density at radius 3 is 2.32 bits per heavy atom.